The van der Waals surface area contributed by atoms with Gasteiger partial charge in [-0.15, -0.1) is 0 Å². The van der Waals surface area contributed by atoms with E-state index >= 15 is 0 Å². The Bertz CT molecular complexity index is 3200. The van der Waals surface area contributed by atoms with E-state index in [1.807, 2.05) is 42.5 Å². The summed E-state index contributed by atoms with van der Waals surface area (Å²) in [6.07, 6.45) is 0. The fourth-order valence-corrected chi connectivity index (χ4v) is 8.25. The van der Waals surface area contributed by atoms with E-state index in [0.717, 1.165) is 50.2 Å². The van der Waals surface area contributed by atoms with Gasteiger partial charge >= 0.3 is 0 Å². The van der Waals surface area contributed by atoms with Gasteiger partial charge in [-0.25, -0.2) is 15.0 Å². The SMILES string of the molecule is c1ccc(-c2nc(-c3cccc(-n4c5ccccc5c5cc(-n6c7ccccc7c7ccccc76)ccc54)c3)nc(-c3ccccc3-c3ccccc3)n2)cc1. The largest absolute Gasteiger partial charge is 0.309 e. The van der Waals surface area contributed by atoms with Gasteiger partial charge in [-0.05, 0) is 59.7 Å². The number of fused-ring (bicyclic) bond motifs is 6. The Hall–Kier alpha value is -7.63. The zero-order chi connectivity index (χ0) is 37.0. The summed E-state index contributed by atoms with van der Waals surface area (Å²) in [5.74, 6) is 1.88. The van der Waals surface area contributed by atoms with Gasteiger partial charge < -0.3 is 9.13 Å². The number of benzene rings is 8. The van der Waals surface area contributed by atoms with Crippen molar-refractivity contribution < 1.29 is 0 Å². The normalized spacial score (nSPS) is 11.6. The van der Waals surface area contributed by atoms with E-state index in [1.54, 1.807) is 0 Å². The topological polar surface area (TPSA) is 48.5 Å². The van der Waals surface area contributed by atoms with Gasteiger partial charge in [0.1, 0.15) is 0 Å². The van der Waals surface area contributed by atoms with Crippen LogP contribution in [-0.4, -0.2) is 24.1 Å². The maximum Gasteiger partial charge on any atom is 0.164 e. The molecule has 11 rings (SSSR count). The highest BCUT2D eigenvalue weighted by Crippen LogP contribution is 2.38. The third-order valence-corrected chi connectivity index (χ3v) is 10.8. The Labute approximate surface area is 323 Å². The van der Waals surface area contributed by atoms with Crippen molar-refractivity contribution in [3.63, 3.8) is 0 Å². The zero-order valence-corrected chi connectivity index (χ0v) is 30.3. The molecule has 0 saturated carbocycles. The van der Waals surface area contributed by atoms with Crippen LogP contribution in [0.15, 0.2) is 200 Å². The van der Waals surface area contributed by atoms with Crippen molar-refractivity contribution in [1.29, 1.82) is 0 Å². The van der Waals surface area contributed by atoms with Crippen LogP contribution in [0.1, 0.15) is 0 Å². The van der Waals surface area contributed by atoms with Gasteiger partial charge in [-0.3, -0.25) is 0 Å². The van der Waals surface area contributed by atoms with E-state index in [1.165, 1.54) is 32.6 Å². The molecule has 11 aromatic rings. The van der Waals surface area contributed by atoms with E-state index in [2.05, 4.69) is 167 Å². The van der Waals surface area contributed by atoms with E-state index in [-0.39, 0.29) is 0 Å². The average Bonchev–Trinajstić information content (AvgIpc) is 3.79. The van der Waals surface area contributed by atoms with Crippen LogP contribution in [0.25, 0.3) is 100 Å². The van der Waals surface area contributed by atoms with E-state index < -0.39 is 0 Å². The predicted octanol–water partition coefficient (Wildman–Crippen LogP) is 12.7. The molecule has 5 nitrogen and oxygen atoms in total. The Morgan fingerprint density at radius 2 is 0.714 bits per heavy atom. The third kappa shape index (κ3) is 5.21. The Balaban J connectivity index is 1.09. The number of hydrogen-bond acceptors (Lipinski definition) is 3. The lowest BCUT2D eigenvalue weighted by molar-refractivity contribution is 1.07. The molecule has 8 aromatic carbocycles. The van der Waals surface area contributed by atoms with Gasteiger partial charge in [-0.1, -0.05) is 152 Å². The summed E-state index contributed by atoms with van der Waals surface area (Å²) in [5.41, 5.74) is 11.8. The minimum Gasteiger partial charge on any atom is -0.309 e. The Morgan fingerprint density at radius 3 is 1.36 bits per heavy atom. The highest BCUT2D eigenvalue weighted by Gasteiger charge is 2.19. The van der Waals surface area contributed by atoms with Gasteiger partial charge in [-0.2, -0.15) is 0 Å². The van der Waals surface area contributed by atoms with Crippen LogP contribution in [0.5, 0.6) is 0 Å². The molecule has 0 saturated heterocycles. The standard InChI is InChI=1S/C51H33N5/c1-3-16-34(17-4-1)39-22-7-8-26-43(39)51-53-49(35-18-5-2-6-19-35)52-50(54-51)36-20-15-21-37(32-36)55-47-29-14-11-25-42(47)44-33-38(30-31-48(44)55)56-45-27-12-9-23-40(45)41-24-10-13-28-46(41)56/h1-33H. The fraction of sp³-hybridized carbons (Fsp3) is 0. The van der Waals surface area contributed by atoms with Crippen LogP contribution >= 0.6 is 0 Å². The van der Waals surface area contributed by atoms with Crippen molar-refractivity contribution >= 4 is 43.6 Å². The minimum atomic E-state index is 0.619. The van der Waals surface area contributed by atoms with Gasteiger partial charge in [0.2, 0.25) is 0 Å². The molecule has 0 atom stereocenters. The van der Waals surface area contributed by atoms with Gasteiger partial charge in [0.15, 0.2) is 17.5 Å². The molecule has 0 fully saturated rings. The summed E-state index contributed by atoms with van der Waals surface area (Å²) in [4.78, 5) is 15.4. The van der Waals surface area contributed by atoms with Crippen LogP contribution in [0.4, 0.5) is 0 Å². The van der Waals surface area contributed by atoms with Crippen molar-refractivity contribution in [1.82, 2.24) is 24.1 Å². The summed E-state index contributed by atoms with van der Waals surface area (Å²) in [6.45, 7) is 0. The molecule has 0 aliphatic heterocycles. The molecule has 0 bridgehead atoms. The lowest BCUT2D eigenvalue weighted by Crippen LogP contribution is -2.02. The molecular weight excluding hydrogens is 683 g/mol. The van der Waals surface area contributed by atoms with Crippen LogP contribution < -0.4 is 0 Å². The molecule has 56 heavy (non-hydrogen) atoms. The maximum atomic E-state index is 5.19. The Morgan fingerprint density at radius 1 is 0.268 bits per heavy atom. The number of hydrogen-bond donors (Lipinski definition) is 0. The highest BCUT2D eigenvalue weighted by atomic mass is 15.0. The van der Waals surface area contributed by atoms with Crippen LogP contribution in [0, 0.1) is 0 Å². The minimum absolute atomic E-state index is 0.619. The van der Waals surface area contributed by atoms with Crippen LogP contribution in [0.2, 0.25) is 0 Å². The fourth-order valence-electron chi connectivity index (χ4n) is 8.25. The first kappa shape index (κ1) is 31.9. The number of aromatic nitrogens is 5. The summed E-state index contributed by atoms with van der Waals surface area (Å²) >= 11 is 0. The second-order valence-electron chi connectivity index (χ2n) is 14.1. The second-order valence-corrected chi connectivity index (χ2v) is 14.1. The zero-order valence-electron chi connectivity index (χ0n) is 30.3. The molecule has 5 heteroatoms. The molecule has 3 heterocycles. The maximum absolute atomic E-state index is 5.19. The second kappa shape index (κ2) is 13.0. The molecule has 262 valence electrons. The van der Waals surface area contributed by atoms with Gasteiger partial charge in [0.25, 0.3) is 0 Å². The number of para-hydroxylation sites is 3. The van der Waals surface area contributed by atoms with E-state index in [4.69, 9.17) is 15.0 Å². The van der Waals surface area contributed by atoms with Gasteiger partial charge in [0, 0.05) is 49.6 Å². The highest BCUT2D eigenvalue weighted by molar-refractivity contribution is 6.12. The van der Waals surface area contributed by atoms with Crippen LogP contribution in [-0.2, 0) is 0 Å². The molecule has 0 unspecified atom stereocenters. The van der Waals surface area contributed by atoms with Crippen molar-refractivity contribution in [2.45, 2.75) is 0 Å². The Kier molecular flexibility index (Phi) is 7.42. The van der Waals surface area contributed by atoms with Crippen LogP contribution in [0.3, 0.4) is 0 Å². The molecule has 0 amide bonds. The summed E-state index contributed by atoms with van der Waals surface area (Å²) in [5, 5.41) is 4.89. The smallest absolute Gasteiger partial charge is 0.164 e. The number of rotatable bonds is 6. The average molecular weight is 716 g/mol. The molecule has 0 radical (unpaired) electrons. The first-order chi connectivity index (χ1) is 27.8. The van der Waals surface area contributed by atoms with Crippen molar-refractivity contribution in [2.75, 3.05) is 0 Å². The molecule has 3 aromatic heterocycles. The predicted molar refractivity (Wildman–Crippen MR) is 230 cm³/mol. The van der Waals surface area contributed by atoms with Gasteiger partial charge in [0.05, 0.1) is 22.1 Å². The summed E-state index contributed by atoms with van der Waals surface area (Å²) < 4.78 is 4.74. The lowest BCUT2D eigenvalue weighted by atomic mass is 9.99. The first-order valence-corrected chi connectivity index (χ1v) is 18.9. The quantitative estimate of drug-likeness (QED) is 0.172. The van der Waals surface area contributed by atoms with E-state index in [0.29, 0.717) is 17.5 Å². The van der Waals surface area contributed by atoms with Crippen molar-refractivity contribution in [2.24, 2.45) is 0 Å². The molecule has 0 spiro atoms. The molecular formula is C51H33N5. The van der Waals surface area contributed by atoms with Crippen molar-refractivity contribution in [3.8, 4) is 56.7 Å². The number of nitrogens with zero attached hydrogens (tertiary/aromatic N) is 5. The first-order valence-electron chi connectivity index (χ1n) is 18.9. The molecule has 0 aliphatic rings. The lowest BCUT2D eigenvalue weighted by Gasteiger charge is -2.13. The molecule has 0 N–H and O–H groups in total. The summed E-state index contributed by atoms with van der Waals surface area (Å²) in [7, 11) is 0. The monoisotopic (exact) mass is 715 g/mol. The van der Waals surface area contributed by atoms with E-state index in [9.17, 15) is 0 Å². The van der Waals surface area contributed by atoms with Crippen molar-refractivity contribution in [3.05, 3.63) is 200 Å². The third-order valence-electron chi connectivity index (χ3n) is 10.8. The summed E-state index contributed by atoms with van der Waals surface area (Å²) in [6, 6.07) is 70.3. The molecule has 0 aliphatic carbocycles.